The van der Waals surface area contributed by atoms with E-state index < -0.39 is 12.0 Å². The van der Waals surface area contributed by atoms with Crippen molar-refractivity contribution in [3.05, 3.63) is 22.2 Å². The zero-order valence-corrected chi connectivity index (χ0v) is 13.0. The van der Waals surface area contributed by atoms with Crippen molar-refractivity contribution in [2.75, 3.05) is 11.4 Å². The molecule has 0 spiro atoms. The number of hydrogen-bond donors (Lipinski definition) is 2. The van der Waals surface area contributed by atoms with E-state index in [1.807, 2.05) is 27.7 Å². The molecule has 2 N–H and O–H groups in total. The van der Waals surface area contributed by atoms with E-state index in [0.29, 0.717) is 18.2 Å². The van der Waals surface area contributed by atoms with Gasteiger partial charge in [-0.2, -0.15) is 0 Å². The average molecular weight is 293 g/mol. The first-order valence-electron chi connectivity index (χ1n) is 7.33. The Morgan fingerprint density at radius 2 is 2.19 bits per heavy atom. The summed E-state index contributed by atoms with van der Waals surface area (Å²) in [5.74, 6) is 0.263. The molecule has 1 aromatic rings. The standard InChI is InChI=1S/C15H23N3O3/c1-9(2)13-16-10(8-11(19)17-13)18-7-5-6-15(3,4)12(18)14(20)21/h8-9,12H,5-7H2,1-4H3,(H,20,21)(H,16,17,19). The number of H-pyrrole nitrogens is 1. The summed E-state index contributed by atoms with van der Waals surface area (Å²) in [4.78, 5) is 32.5. The van der Waals surface area contributed by atoms with Gasteiger partial charge in [-0.05, 0) is 18.3 Å². The van der Waals surface area contributed by atoms with Crippen LogP contribution >= 0.6 is 0 Å². The molecular formula is C15H23N3O3. The molecule has 0 bridgehead atoms. The first-order chi connectivity index (χ1) is 9.72. The minimum atomic E-state index is -0.868. The van der Waals surface area contributed by atoms with Crippen LogP contribution in [-0.4, -0.2) is 33.6 Å². The Kier molecular flexibility index (Phi) is 4.07. The van der Waals surface area contributed by atoms with Gasteiger partial charge in [-0.15, -0.1) is 0 Å². The van der Waals surface area contributed by atoms with Crippen molar-refractivity contribution in [1.82, 2.24) is 9.97 Å². The molecule has 1 saturated heterocycles. The number of hydrogen-bond acceptors (Lipinski definition) is 4. The van der Waals surface area contributed by atoms with E-state index in [1.165, 1.54) is 6.07 Å². The number of aliphatic carboxylic acids is 1. The Morgan fingerprint density at radius 3 is 2.76 bits per heavy atom. The molecule has 6 nitrogen and oxygen atoms in total. The van der Waals surface area contributed by atoms with Crippen LogP contribution in [0.4, 0.5) is 5.82 Å². The molecule has 1 aliphatic heterocycles. The highest BCUT2D eigenvalue weighted by atomic mass is 16.4. The predicted molar refractivity (Wildman–Crippen MR) is 80.7 cm³/mol. The van der Waals surface area contributed by atoms with Crippen LogP contribution in [0, 0.1) is 5.41 Å². The summed E-state index contributed by atoms with van der Waals surface area (Å²) in [6, 6.07) is 0.726. The topological polar surface area (TPSA) is 86.3 Å². The fourth-order valence-electron chi connectivity index (χ4n) is 2.99. The molecule has 21 heavy (non-hydrogen) atoms. The van der Waals surface area contributed by atoms with Gasteiger partial charge >= 0.3 is 5.97 Å². The molecule has 0 radical (unpaired) electrons. The number of anilines is 1. The van der Waals surface area contributed by atoms with Gasteiger partial charge in [0.15, 0.2) is 0 Å². The molecule has 0 aromatic carbocycles. The van der Waals surface area contributed by atoms with Crippen molar-refractivity contribution >= 4 is 11.8 Å². The SMILES string of the molecule is CC(C)c1nc(N2CCCC(C)(C)C2C(=O)O)cc(=O)[nH]1. The van der Waals surface area contributed by atoms with Crippen molar-refractivity contribution in [3.63, 3.8) is 0 Å². The third-order valence-electron chi connectivity index (χ3n) is 4.09. The minimum Gasteiger partial charge on any atom is -0.480 e. The van der Waals surface area contributed by atoms with E-state index in [1.54, 1.807) is 4.90 Å². The minimum absolute atomic E-state index is 0.0822. The molecule has 116 valence electrons. The Balaban J connectivity index is 2.48. The van der Waals surface area contributed by atoms with Gasteiger partial charge in [-0.25, -0.2) is 9.78 Å². The van der Waals surface area contributed by atoms with Gasteiger partial charge in [-0.1, -0.05) is 27.7 Å². The second-order valence-electron chi connectivity index (χ2n) is 6.67. The Bertz CT molecular complexity index is 592. The molecule has 2 heterocycles. The second kappa shape index (κ2) is 5.50. The van der Waals surface area contributed by atoms with E-state index in [-0.39, 0.29) is 16.9 Å². The molecule has 1 atom stereocenters. The number of carbonyl (C=O) groups is 1. The third-order valence-corrected chi connectivity index (χ3v) is 4.09. The molecule has 0 amide bonds. The highest BCUT2D eigenvalue weighted by molar-refractivity contribution is 5.79. The van der Waals surface area contributed by atoms with Crippen LogP contribution in [0.5, 0.6) is 0 Å². The van der Waals surface area contributed by atoms with Gasteiger partial charge in [0.25, 0.3) is 5.56 Å². The summed E-state index contributed by atoms with van der Waals surface area (Å²) < 4.78 is 0. The quantitative estimate of drug-likeness (QED) is 0.890. The van der Waals surface area contributed by atoms with Crippen LogP contribution in [0.1, 0.15) is 52.3 Å². The van der Waals surface area contributed by atoms with E-state index in [4.69, 9.17) is 0 Å². The summed E-state index contributed by atoms with van der Waals surface area (Å²) in [5, 5.41) is 9.60. The van der Waals surface area contributed by atoms with E-state index in [9.17, 15) is 14.7 Å². The number of aromatic amines is 1. The zero-order chi connectivity index (χ0) is 15.8. The van der Waals surface area contributed by atoms with E-state index >= 15 is 0 Å². The predicted octanol–water partition coefficient (Wildman–Crippen LogP) is 1.97. The van der Waals surface area contributed by atoms with Crippen LogP contribution in [-0.2, 0) is 4.79 Å². The summed E-state index contributed by atoms with van der Waals surface area (Å²) in [5.41, 5.74) is -0.594. The number of carboxylic acids is 1. The second-order valence-corrected chi connectivity index (χ2v) is 6.67. The summed E-state index contributed by atoms with van der Waals surface area (Å²) in [7, 11) is 0. The Morgan fingerprint density at radius 1 is 1.52 bits per heavy atom. The average Bonchev–Trinajstić information content (AvgIpc) is 2.35. The van der Waals surface area contributed by atoms with Crippen molar-refractivity contribution in [1.29, 1.82) is 0 Å². The lowest BCUT2D eigenvalue weighted by Crippen LogP contribution is -2.55. The lowest BCUT2D eigenvalue weighted by Gasteiger charge is -2.44. The fraction of sp³-hybridized carbons (Fsp3) is 0.667. The highest BCUT2D eigenvalue weighted by Gasteiger charge is 2.43. The van der Waals surface area contributed by atoms with Crippen LogP contribution in [0.2, 0.25) is 0 Å². The van der Waals surface area contributed by atoms with Crippen LogP contribution in [0.25, 0.3) is 0 Å². The Hall–Kier alpha value is -1.85. The number of piperidine rings is 1. The van der Waals surface area contributed by atoms with Crippen molar-refractivity contribution < 1.29 is 9.90 Å². The molecule has 1 unspecified atom stereocenters. The molecule has 0 aliphatic carbocycles. The van der Waals surface area contributed by atoms with Crippen molar-refractivity contribution in [3.8, 4) is 0 Å². The third kappa shape index (κ3) is 3.09. The summed E-state index contributed by atoms with van der Waals surface area (Å²) in [6.07, 6.45) is 1.74. The van der Waals surface area contributed by atoms with Crippen LogP contribution in [0.3, 0.4) is 0 Å². The molecule has 1 fully saturated rings. The van der Waals surface area contributed by atoms with Gasteiger partial charge in [0.1, 0.15) is 17.7 Å². The van der Waals surface area contributed by atoms with Gasteiger partial charge in [0, 0.05) is 18.5 Å². The number of nitrogens with zero attached hydrogens (tertiary/aromatic N) is 2. The van der Waals surface area contributed by atoms with Gasteiger partial charge in [0.2, 0.25) is 0 Å². The number of aromatic nitrogens is 2. The van der Waals surface area contributed by atoms with E-state index in [2.05, 4.69) is 9.97 Å². The molecule has 2 rings (SSSR count). The Labute approximate surface area is 124 Å². The number of carboxylic acid groups (broad SMARTS) is 1. The number of nitrogens with one attached hydrogen (secondary N) is 1. The molecular weight excluding hydrogens is 270 g/mol. The van der Waals surface area contributed by atoms with Gasteiger partial charge < -0.3 is 15.0 Å². The van der Waals surface area contributed by atoms with Gasteiger partial charge in [0.05, 0.1) is 0 Å². The van der Waals surface area contributed by atoms with Crippen LogP contribution in [0.15, 0.2) is 10.9 Å². The first kappa shape index (κ1) is 15.5. The maximum atomic E-state index is 11.8. The fourth-order valence-corrected chi connectivity index (χ4v) is 2.99. The maximum absolute atomic E-state index is 11.8. The first-order valence-corrected chi connectivity index (χ1v) is 7.33. The normalized spacial score (nSPS) is 21.6. The van der Waals surface area contributed by atoms with Crippen molar-refractivity contribution in [2.24, 2.45) is 5.41 Å². The van der Waals surface area contributed by atoms with Crippen LogP contribution < -0.4 is 10.5 Å². The molecule has 0 saturated carbocycles. The largest absolute Gasteiger partial charge is 0.480 e. The number of rotatable bonds is 3. The monoisotopic (exact) mass is 293 g/mol. The highest BCUT2D eigenvalue weighted by Crippen LogP contribution is 2.37. The van der Waals surface area contributed by atoms with E-state index in [0.717, 1.165) is 12.8 Å². The van der Waals surface area contributed by atoms with Crippen molar-refractivity contribution in [2.45, 2.75) is 52.5 Å². The molecule has 1 aliphatic rings. The molecule has 1 aromatic heterocycles. The lowest BCUT2D eigenvalue weighted by molar-refractivity contribution is -0.142. The molecule has 6 heteroatoms. The summed E-state index contributed by atoms with van der Waals surface area (Å²) in [6.45, 7) is 8.39. The smallest absolute Gasteiger partial charge is 0.326 e. The summed E-state index contributed by atoms with van der Waals surface area (Å²) >= 11 is 0. The maximum Gasteiger partial charge on any atom is 0.326 e. The van der Waals surface area contributed by atoms with Gasteiger partial charge in [-0.3, -0.25) is 4.79 Å². The lowest BCUT2D eigenvalue weighted by atomic mass is 9.76. The zero-order valence-electron chi connectivity index (χ0n) is 13.0.